The zero-order valence-electron chi connectivity index (χ0n) is 18.3. The van der Waals surface area contributed by atoms with Gasteiger partial charge in [-0.2, -0.15) is 13.2 Å². The zero-order valence-corrected chi connectivity index (χ0v) is 19.9. The third-order valence-corrected chi connectivity index (χ3v) is 5.20. The molecule has 0 unspecified atom stereocenters. The SMILES string of the molecule is CC(C)c1nccc([C@@H]2CN(C[C@H](OC(=O)Nc3ccc(Cl)c(F)c3)C(F)(F)F)CCO2)n1.Cl. The molecular formula is C21H24Cl2F4N4O3. The number of hydrogen-bond donors (Lipinski definition) is 1. The van der Waals surface area contributed by atoms with E-state index < -0.39 is 36.8 Å². The molecule has 1 aliphatic heterocycles. The second-order valence-corrected chi connectivity index (χ2v) is 8.21. The molecule has 1 aromatic heterocycles. The highest BCUT2D eigenvalue weighted by Crippen LogP contribution is 2.28. The number of anilines is 1. The van der Waals surface area contributed by atoms with Crippen molar-refractivity contribution in [3.05, 3.63) is 52.8 Å². The minimum atomic E-state index is -4.81. The molecule has 2 aromatic rings. The van der Waals surface area contributed by atoms with E-state index in [9.17, 15) is 22.4 Å². The van der Waals surface area contributed by atoms with Gasteiger partial charge in [0.05, 0.1) is 17.3 Å². The molecule has 1 fully saturated rings. The Hall–Kier alpha value is -2.21. The molecule has 2 heterocycles. The molecular weight excluding hydrogens is 503 g/mol. The molecule has 34 heavy (non-hydrogen) atoms. The normalized spacial score (nSPS) is 17.7. The molecule has 1 amide bonds. The fraction of sp³-hybridized carbons (Fsp3) is 0.476. The molecule has 1 aromatic carbocycles. The Kier molecular flexibility index (Phi) is 9.86. The molecule has 0 radical (unpaired) electrons. The summed E-state index contributed by atoms with van der Waals surface area (Å²) < 4.78 is 64.6. The van der Waals surface area contributed by atoms with Crippen LogP contribution in [0.25, 0.3) is 0 Å². The Morgan fingerprint density at radius 3 is 2.74 bits per heavy atom. The fourth-order valence-electron chi connectivity index (χ4n) is 3.19. The zero-order chi connectivity index (χ0) is 24.2. The quantitative estimate of drug-likeness (QED) is 0.510. The lowest BCUT2D eigenvalue weighted by atomic mass is 10.1. The van der Waals surface area contributed by atoms with Gasteiger partial charge in [-0.1, -0.05) is 25.4 Å². The smallest absolute Gasteiger partial charge is 0.426 e. The van der Waals surface area contributed by atoms with Gasteiger partial charge < -0.3 is 9.47 Å². The van der Waals surface area contributed by atoms with Crippen LogP contribution in [0.1, 0.15) is 37.4 Å². The molecule has 0 bridgehead atoms. The van der Waals surface area contributed by atoms with Gasteiger partial charge in [-0.25, -0.2) is 19.2 Å². The van der Waals surface area contributed by atoms with Crippen LogP contribution in [0.4, 0.5) is 28.0 Å². The van der Waals surface area contributed by atoms with Crippen molar-refractivity contribution >= 4 is 35.8 Å². The maximum Gasteiger partial charge on any atom is 0.426 e. The number of alkyl halides is 3. The first-order valence-corrected chi connectivity index (χ1v) is 10.6. The maximum atomic E-state index is 13.6. The van der Waals surface area contributed by atoms with E-state index in [-0.39, 0.29) is 48.7 Å². The molecule has 3 rings (SSSR count). The van der Waals surface area contributed by atoms with Crippen LogP contribution in [-0.2, 0) is 9.47 Å². The number of carbonyl (C=O) groups excluding carboxylic acids is 1. The predicted molar refractivity (Wildman–Crippen MR) is 120 cm³/mol. The monoisotopic (exact) mass is 526 g/mol. The third kappa shape index (κ3) is 7.66. The van der Waals surface area contributed by atoms with Gasteiger partial charge in [0.25, 0.3) is 0 Å². The molecule has 7 nitrogen and oxygen atoms in total. The summed E-state index contributed by atoms with van der Waals surface area (Å²) in [4.78, 5) is 22.2. The van der Waals surface area contributed by atoms with Gasteiger partial charge in [0.2, 0.25) is 6.10 Å². The average Bonchev–Trinajstić information content (AvgIpc) is 2.75. The van der Waals surface area contributed by atoms with Gasteiger partial charge in [-0.15, -0.1) is 12.4 Å². The Bertz CT molecular complexity index is 981. The third-order valence-electron chi connectivity index (χ3n) is 4.90. The molecule has 0 saturated carbocycles. The number of morpholine rings is 1. The first kappa shape index (κ1) is 28.0. The topological polar surface area (TPSA) is 76.6 Å². The molecule has 2 atom stereocenters. The van der Waals surface area contributed by atoms with Crippen molar-refractivity contribution in [1.29, 1.82) is 0 Å². The van der Waals surface area contributed by atoms with Gasteiger partial charge in [-0.05, 0) is 24.3 Å². The summed E-state index contributed by atoms with van der Waals surface area (Å²) in [6.45, 7) is 3.82. The van der Waals surface area contributed by atoms with E-state index in [1.54, 1.807) is 12.3 Å². The number of aromatic nitrogens is 2. The van der Waals surface area contributed by atoms with Gasteiger partial charge in [0, 0.05) is 37.4 Å². The van der Waals surface area contributed by atoms with E-state index in [4.69, 9.17) is 16.3 Å². The van der Waals surface area contributed by atoms with E-state index >= 15 is 0 Å². The minimum absolute atomic E-state index is 0. The van der Waals surface area contributed by atoms with E-state index in [1.165, 1.54) is 17.0 Å². The van der Waals surface area contributed by atoms with E-state index in [0.29, 0.717) is 11.5 Å². The molecule has 1 N–H and O–H groups in total. The standard InChI is InChI=1S/C21H23ClF4N4O3.ClH/c1-12(2)19-27-6-5-16(29-19)17-10-30(7-8-32-17)11-18(21(24,25)26)33-20(31)28-13-3-4-14(22)15(23)9-13;/h3-6,9,12,17-18H,7-8,10-11H2,1-2H3,(H,28,31);1H/t17-,18-;/m0./s1. The summed E-state index contributed by atoms with van der Waals surface area (Å²) in [5.41, 5.74) is 0.490. The van der Waals surface area contributed by atoms with Crippen molar-refractivity contribution in [1.82, 2.24) is 14.9 Å². The summed E-state index contributed by atoms with van der Waals surface area (Å²) in [6, 6.07) is 4.96. The molecule has 188 valence electrons. The number of nitrogens with zero attached hydrogens (tertiary/aromatic N) is 3. The highest BCUT2D eigenvalue weighted by Gasteiger charge is 2.44. The van der Waals surface area contributed by atoms with Crippen LogP contribution < -0.4 is 5.32 Å². The maximum absolute atomic E-state index is 13.6. The largest absolute Gasteiger partial charge is 0.435 e. The van der Waals surface area contributed by atoms with Crippen LogP contribution in [0.15, 0.2) is 30.5 Å². The van der Waals surface area contributed by atoms with Crippen molar-refractivity contribution in [3.63, 3.8) is 0 Å². The average molecular weight is 527 g/mol. The Balaban J connectivity index is 0.00000408. The molecule has 13 heteroatoms. The number of rotatable bonds is 6. The van der Waals surface area contributed by atoms with Crippen molar-refractivity contribution in [2.75, 3.05) is 31.6 Å². The van der Waals surface area contributed by atoms with Crippen LogP contribution in [0, 0.1) is 5.82 Å². The molecule has 0 spiro atoms. The minimum Gasteiger partial charge on any atom is -0.435 e. The molecule has 0 aliphatic carbocycles. The molecule has 1 aliphatic rings. The number of halogens is 6. The molecule has 1 saturated heterocycles. The summed E-state index contributed by atoms with van der Waals surface area (Å²) in [5, 5.41) is 1.89. The predicted octanol–water partition coefficient (Wildman–Crippen LogP) is 5.37. The number of nitrogens with one attached hydrogen (secondary N) is 1. The van der Waals surface area contributed by atoms with Crippen LogP contribution in [-0.4, -0.2) is 59.5 Å². The van der Waals surface area contributed by atoms with Crippen LogP contribution in [0.5, 0.6) is 0 Å². The van der Waals surface area contributed by atoms with E-state index in [2.05, 4.69) is 20.0 Å². The lowest BCUT2D eigenvalue weighted by Gasteiger charge is -2.35. The second-order valence-electron chi connectivity index (χ2n) is 7.80. The van der Waals surface area contributed by atoms with Crippen LogP contribution in [0.3, 0.4) is 0 Å². The Labute approximate surface area is 205 Å². The van der Waals surface area contributed by atoms with E-state index in [0.717, 1.165) is 6.07 Å². The number of benzene rings is 1. The highest BCUT2D eigenvalue weighted by atomic mass is 35.5. The first-order chi connectivity index (χ1) is 15.5. The van der Waals surface area contributed by atoms with Gasteiger partial charge >= 0.3 is 12.3 Å². The van der Waals surface area contributed by atoms with E-state index in [1.807, 2.05) is 13.8 Å². The van der Waals surface area contributed by atoms with Crippen LogP contribution >= 0.6 is 24.0 Å². The van der Waals surface area contributed by atoms with Gasteiger partial charge in [0.1, 0.15) is 17.7 Å². The number of amides is 1. The summed E-state index contributed by atoms with van der Waals surface area (Å²) >= 11 is 5.56. The van der Waals surface area contributed by atoms with Crippen molar-refractivity contribution < 1.29 is 31.8 Å². The fourth-order valence-corrected chi connectivity index (χ4v) is 3.30. The number of hydrogen-bond acceptors (Lipinski definition) is 6. The van der Waals surface area contributed by atoms with Crippen molar-refractivity contribution in [2.24, 2.45) is 0 Å². The van der Waals surface area contributed by atoms with Crippen molar-refractivity contribution in [2.45, 2.75) is 38.1 Å². The summed E-state index contributed by atoms with van der Waals surface area (Å²) in [7, 11) is 0. The highest BCUT2D eigenvalue weighted by molar-refractivity contribution is 6.30. The Morgan fingerprint density at radius 1 is 1.35 bits per heavy atom. The number of carbonyl (C=O) groups is 1. The lowest BCUT2D eigenvalue weighted by Crippen LogP contribution is -2.48. The van der Waals surface area contributed by atoms with Crippen molar-refractivity contribution in [3.8, 4) is 0 Å². The summed E-state index contributed by atoms with van der Waals surface area (Å²) in [5.74, 6) is -0.133. The lowest BCUT2D eigenvalue weighted by molar-refractivity contribution is -0.209. The van der Waals surface area contributed by atoms with Gasteiger partial charge in [0.15, 0.2) is 0 Å². The second kappa shape index (κ2) is 12.0. The number of ether oxygens (including phenoxy) is 2. The van der Waals surface area contributed by atoms with Crippen LogP contribution in [0.2, 0.25) is 5.02 Å². The van der Waals surface area contributed by atoms with Gasteiger partial charge in [-0.3, -0.25) is 10.2 Å². The summed E-state index contributed by atoms with van der Waals surface area (Å²) in [6.07, 6.45) is -7.52. The first-order valence-electron chi connectivity index (χ1n) is 10.2. The Morgan fingerprint density at radius 2 is 2.09 bits per heavy atom.